The van der Waals surface area contributed by atoms with Crippen molar-refractivity contribution in [3.63, 3.8) is 0 Å². The fourth-order valence-corrected chi connectivity index (χ4v) is 3.74. The standard InChI is InChI=1S/C21H24F3N3O3/c1-20(15-8-5-9-16(12-15)21(22,23)24)18(29)27(19(30)26-20)13-17(28)25-11-10-14-6-3-2-4-7-14/h5-6,8-9,12H,2-4,7,10-11,13H2,1H3,(H,25,28)(H,26,30)/t20-/m1/s1. The van der Waals surface area contributed by atoms with Crippen molar-refractivity contribution in [3.05, 3.63) is 47.0 Å². The molecule has 1 aromatic carbocycles. The molecule has 2 aliphatic rings. The summed E-state index contributed by atoms with van der Waals surface area (Å²) < 4.78 is 39.0. The van der Waals surface area contributed by atoms with Crippen LogP contribution in [0.25, 0.3) is 0 Å². The number of imide groups is 1. The number of amides is 4. The van der Waals surface area contributed by atoms with Gasteiger partial charge in [-0.25, -0.2) is 4.79 Å². The minimum absolute atomic E-state index is 0.00261. The Labute approximate surface area is 172 Å². The average molecular weight is 423 g/mol. The molecule has 0 saturated carbocycles. The molecule has 1 heterocycles. The van der Waals surface area contributed by atoms with E-state index in [9.17, 15) is 27.6 Å². The number of alkyl halides is 3. The van der Waals surface area contributed by atoms with Gasteiger partial charge in [0.15, 0.2) is 0 Å². The van der Waals surface area contributed by atoms with Crippen LogP contribution >= 0.6 is 0 Å². The molecule has 0 radical (unpaired) electrons. The number of hydrogen-bond donors (Lipinski definition) is 2. The van der Waals surface area contributed by atoms with Crippen LogP contribution in [-0.2, 0) is 21.3 Å². The molecule has 9 heteroatoms. The zero-order valence-corrected chi connectivity index (χ0v) is 16.6. The Kier molecular flexibility index (Phi) is 6.19. The zero-order chi connectivity index (χ0) is 21.9. The summed E-state index contributed by atoms with van der Waals surface area (Å²) in [5.41, 5.74) is -1.31. The molecule has 30 heavy (non-hydrogen) atoms. The highest BCUT2D eigenvalue weighted by Crippen LogP contribution is 2.34. The molecular formula is C21H24F3N3O3. The largest absolute Gasteiger partial charge is 0.416 e. The molecule has 0 bridgehead atoms. The second kappa shape index (κ2) is 8.49. The smallest absolute Gasteiger partial charge is 0.354 e. The Morgan fingerprint density at radius 2 is 2.03 bits per heavy atom. The summed E-state index contributed by atoms with van der Waals surface area (Å²) in [6.45, 7) is 1.24. The normalized spacial score (nSPS) is 22.0. The summed E-state index contributed by atoms with van der Waals surface area (Å²) in [4.78, 5) is 38.1. The number of nitrogens with zero attached hydrogens (tertiary/aromatic N) is 1. The molecule has 3 rings (SSSR count). The summed E-state index contributed by atoms with van der Waals surface area (Å²) in [6.07, 6.45) is 2.67. The molecule has 1 atom stereocenters. The molecular weight excluding hydrogens is 399 g/mol. The minimum Gasteiger partial charge on any atom is -0.354 e. The van der Waals surface area contributed by atoms with Crippen LogP contribution in [-0.4, -0.2) is 35.8 Å². The van der Waals surface area contributed by atoms with Gasteiger partial charge in [0.2, 0.25) is 5.91 Å². The van der Waals surface area contributed by atoms with Crippen LogP contribution in [0.2, 0.25) is 0 Å². The lowest BCUT2D eigenvalue weighted by atomic mass is 9.90. The zero-order valence-electron chi connectivity index (χ0n) is 16.6. The predicted molar refractivity (Wildman–Crippen MR) is 103 cm³/mol. The van der Waals surface area contributed by atoms with Crippen LogP contribution in [0.1, 0.15) is 50.2 Å². The average Bonchev–Trinajstić information content (AvgIpc) is 2.92. The van der Waals surface area contributed by atoms with E-state index in [2.05, 4.69) is 16.7 Å². The fraction of sp³-hybridized carbons (Fsp3) is 0.476. The number of benzene rings is 1. The first kappa shape index (κ1) is 21.9. The number of halogens is 3. The Balaban J connectivity index is 1.64. The van der Waals surface area contributed by atoms with E-state index in [0.717, 1.165) is 36.3 Å². The first-order valence-corrected chi connectivity index (χ1v) is 9.88. The first-order valence-electron chi connectivity index (χ1n) is 9.88. The maximum Gasteiger partial charge on any atom is 0.416 e. The van der Waals surface area contributed by atoms with E-state index in [1.54, 1.807) is 0 Å². The van der Waals surface area contributed by atoms with Crippen LogP contribution in [0.15, 0.2) is 35.9 Å². The maximum atomic E-state index is 13.0. The predicted octanol–water partition coefficient (Wildman–Crippen LogP) is 3.48. The number of hydrogen-bond acceptors (Lipinski definition) is 3. The van der Waals surface area contributed by atoms with Gasteiger partial charge in [0.1, 0.15) is 12.1 Å². The summed E-state index contributed by atoms with van der Waals surface area (Å²) in [7, 11) is 0. The van der Waals surface area contributed by atoms with Crippen LogP contribution in [0.3, 0.4) is 0 Å². The maximum absolute atomic E-state index is 13.0. The van der Waals surface area contributed by atoms with E-state index >= 15 is 0 Å². The van der Waals surface area contributed by atoms with Gasteiger partial charge >= 0.3 is 12.2 Å². The molecule has 1 saturated heterocycles. The van der Waals surface area contributed by atoms with Crippen LogP contribution in [0, 0.1) is 0 Å². The number of urea groups is 1. The van der Waals surface area contributed by atoms with Crippen molar-refractivity contribution < 1.29 is 27.6 Å². The summed E-state index contributed by atoms with van der Waals surface area (Å²) >= 11 is 0. The third-order valence-electron chi connectivity index (χ3n) is 5.50. The molecule has 0 unspecified atom stereocenters. The van der Waals surface area contributed by atoms with E-state index in [1.165, 1.54) is 31.1 Å². The second-order valence-electron chi connectivity index (χ2n) is 7.73. The third kappa shape index (κ3) is 4.66. The Hall–Kier alpha value is -2.84. The molecule has 4 amide bonds. The molecule has 1 aliphatic carbocycles. The number of nitrogens with one attached hydrogen (secondary N) is 2. The summed E-state index contributed by atoms with van der Waals surface area (Å²) in [5.74, 6) is -1.26. The van der Waals surface area contributed by atoms with Gasteiger partial charge in [0.25, 0.3) is 5.91 Å². The highest BCUT2D eigenvalue weighted by molar-refractivity contribution is 6.09. The van der Waals surface area contributed by atoms with E-state index in [0.29, 0.717) is 13.0 Å². The molecule has 1 aliphatic heterocycles. The van der Waals surface area contributed by atoms with Gasteiger partial charge in [-0.3, -0.25) is 14.5 Å². The SMILES string of the molecule is C[C@]1(c2cccc(C(F)(F)F)c2)NC(=O)N(CC(=O)NCCC2=CCCCC2)C1=O. The topological polar surface area (TPSA) is 78.5 Å². The second-order valence-corrected chi connectivity index (χ2v) is 7.73. The van der Waals surface area contributed by atoms with Crippen LogP contribution < -0.4 is 10.6 Å². The Morgan fingerprint density at radius 1 is 1.27 bits per heavy atom. The lowest BCUT2D eigenvalue weighted by molar-refractivity contribution is -0.138. The quantitative estimate of drug-likeness (QED) is 0.543. The van der Waals surface area contributed by atoms with Crippen molar-refractivity contribution >= 4 is 17.8 Å². The van der Waals surface area contributed by atoms with Crippen molar-refractivity contribution in [1.29, 1.82) is 0 Å². The monoisotopic (exact) mass is 423 g/mol. The van der Waals surface area contributed by atoms with Crippen molar-refractivity contribution in [3.8, 4) is 0 Å². The van der Waals surface area contributed by atoms with Gasteiger partial charge in [-0.1, -0.05) is 23.8 Å². The first-order chi connectivity index (χ1) is 14.1. The number of rotatable bonds is 6. The van der Waals surface area contributed by atoms with Gasteiger partial charge in [-0.05, 0) is 56.7 Å². The van der Waals surface area contributed by atoms with Gasteiger partial charge < -0.3 is 10.6 Å². The van der Waals surface area contributed by atoms with Crippen molar-refractivity contribution in [2.75, 3.05) is 13.1 Å². The number of carbonyl (C=O) groups is 3. The van der Waals surface area contributed by atoms with E-state index in [-0.39, 0.29) is 5.56 Å². The number of allylic oxidation sites excluding steroid dienone is 1. The van der Waals surface area contributed by atoms with Crippen LogP contribution in [0.5, 0.6) is 0 Å². The molecule has 1 fully saturated rings. The van der Waals surface area contributed by atoms with E-state index in [1.807, 2.05) is 0 Å². The van der Waals surface area contributed by atoms with E-state index < -0.39 is 41.7 Å². The van der Waals surface area contributed by atoms with Crippen molar-refractivity contribution in [2.45, 2.75) is 50.7 Å². The molecule has 0 spiro atoms. The molecule has 1 aromatic rings. The molecule has 2 N–H and O–H groups in total. The van der Waals surface area contributed by atoms with Crippen molar-refractivity contribution in [2.24, 2.45) is 0 Å². The lowest BCUT2D eigenvalue weighted by Gasteiger charge is -2.23. The van der Waals surface area contributed by atoms with Crippen molar-refractivity contribution in [1.82, 2.24) is 15.5 Å². The lowest BCUT2D eigenvalue weighted by Crippen LogP contribution is -2.43. The van der Waals surface area contributed by atoms with Gasteiger partial charge in [-0.2, -0.15) is 13.2 Å². The van der Waals surface area contributed by atoms with Gasteiger partial charge in [0, 0.05) is 6.54 Å². The van der Waals surface area contributed by atoms with Crippen LogP contribution in [0.4, 0.5) is 18.0 Å². The molecule has 6 nitrogen and oxygen atoms in total. The molecule has 162 valence electrons. The highest BCUT2D eigenvalue weighted by Gasteiger charge is 2.50. The highest BCUT2D eigenvalue weighted by atomic mass is 19.4. The molecule has 0 aromatic heterocycles. The van der Waals surface area contributed by atoms with E-state index in [4.69, 9.17) is 0 Å². The summed E-state index contributed by atoms with van der Waals surface area (Å²) in [6, 6.07) is 3.43. The Morgan fingerprint density at radius 3 is 2.70 bits per heavy atom. The van der Waals surface area contributed by atoms with Gasteiger partial charge in [-0.15, -0.1) is 0 Å². The summed E-state index contributed by atoms with van der Waals surface area (Å²) in [5, 5.41) is 5.11. The van der Waals surface area contributed by atoms with Gasteiger partial charge in [0.05, 0.1) is 5.56 Å². The fourth-order valence-electron chi connectivity index (χ4n) is 3.74. The Bertz CT molecular complexity index is 882. The minimum atomic E-state index is -4.58. The number of carbonyl (C=O) groups excluding carboxylic acids is 3. The third-order valence-corrected chi connectivity index (χ3v) is 5.50.